The smallest absolute Gasteiger partial charge is 0.291 e. The van der Waals surface area contributed by atoms with E-state index in [1.54, 1.807) is 24.3 Å². The maximum Gasteiger partial charge on any atom is 0.291 e. The Morgan fingerprint density at radius 3 is 2.56 bits per heavy atom. The molecule has 0 spiro atoms. The molecule has 4 bridgehead atoms. The van der Waals surface area contributed by atoms with E-state index in [0.717, 1.165) is 23.4 Å². The van der Waals surface area contributed by atoms with E-state index in [-0.39, 0.29) is 17.1 Å². The summed E-state index contributed by atoms with van der Waals surface area (Å²) in [6.45, 7) is 0. The monoisotopic (exact) mass is 364 g/mol. The first-order chi connectivity index (χ1) is 13.1. The number of amides is 1. The first-order valence-electron chi connectivity index (χ1n) is 9.78. The SMILES string of the molecule is O=C(NN=Cc1cccc(O)c1)c1cc(C23CC4CC(CC(C4)C2)C3)[nH]n1. The Kier molecular flexibility index (Phi) is 3.81. The number of benzene rings is 1. The van der Waals surface area contributed by atoms with Gasteiger partial charge in [-0.15, -0.1) is 0 Å². The molecular formula is C21H24N4O2. The number of hydrogen-bond donors (Lipinski definition) is 3. The zero-order chi connectivity index (χ0) is 18.4. The second kappa shape index (κ2) is 6.22. The van der Waals surface area contributed by atoms with Crippen LogP contribution in [0.5, 0.6) is 5.75 Å². The summed E-state index contributed by atoms with van der Waals surface area (Å²) in [4.78, 5) is 12.4. The van der Waals surface area contributed by atoms with E-state index >= 15 is 0 Å². The number of aromatic amines is 1. The minimum absolute atomic E-state index is 0.165. The molecule has 1 aromatic heterocycles. The van der Waals surface area contributed by atoms with Gasteiger partial charge in [-0.05, 0) is 80.0 Å². The van der Waals surface area contributed by atoms with Gasteiger partial charge in [0.1, 0.15) is 5.75 Å². The fourth-order valence-electron chi connectivity index (χ4n) is 5.98. The Balaban J connectivity index is 1.29. The predicted octanol–water partition coefficient (Wildman–Crippen LogP) is 3.35. The van der Waals surface area contributed by atoms with Crippen molar-refractivity contribution in [2.45, 2.75) is 43.9 Å². The molecule has 4 aliphatic carbocycles. The Bertz CT molecular complexity index is 866. The summed E-state index contributed by atoms with van der Waals surface area (Å²) in [5, 5.41) is 20.9. The zero-order valence-corrected chi connectivity index (χ0v) is 15.2. The van der Waals surface area contributed by atoms with Crippen molar-refractivity contribution in [3.63, 3.8) is 0 Å². The average Bonchev–Trinajstić information content (AvgIpc) is 3.12. The molecule has 1 amide bonds. The van der Waals surface area contributed by atoms with Gasteiger partial charge in [0.2, 0.25) is 0 Å². The molecule has 6 heteroatoms. The lowest BCUT2D eigenvalue weighted by Gasteiger charge is -2.56. The quantitative estimate of drug-likeness (QED) is 0.574. The fourth-order valence-corrected chi connectivity index (χ4v) is 5.98. The number of carbonyl (C=O) groups is 1. The van der Waals surface area contributed by atoms with Crippen molar-refractivity contribution in [3.8, 4) is 5.75 Å². The van der Waals surface area contributed by atoms with Gasteiger partial charge in [0.15, 0.2) is 5.69 Å². The van der Waals surface area contributed by atoms with E-state index in [1.165, 1.54) is 44.7 Å². The van der Waals surface area contributed by atoms with E-state index in [2.05, 4.69) is 20.7 Å². The molecule has 1 heterocycles. The third-order valence-corrected chi connectivity index (χ3v) is 6.67. The van der Waals surface area contributed by atoms with Crippen LogP contribution >= 0.6 is 0 Å². The van der Waals surface area contributed by atoms with Crippen molar-refractivity contribution in [2.75, 3.05) is 0 Å². The molecule has 27 heavy (non-hydrogen) atoms. The average molecular weight is 364 g/mol. The minimum atomic E-state index is -0.321. The van der Waals surface area contributed by atoms with Gasteiger partial charge >= 0.3 is 0 Å². The molecule has 0 radical (unpaired) electrons. The van der Waals surface area contributed by atoms with E-state index < -0.39 is 0 Å². The lowest BCUT2D eigenvalue weighted by molar-refractivity contribution is -0.00721. The number of phenolic OH excluding ortho intramolecular Hbond substituents is 1. The summed E-state index contributed by atoms with van der Waals surface area (Å²) in [5.74, 6) is 2.40. The number of nitrogens with zero attached hydrogens (tertiary/aromatic N) is 2. The fraction of sp³-hybridized carbons (Fsp3) is 0.476. The summed E-state index contributed by atoms with van der Waals surface area (Å²) in [5.41, 5.74) is 4.95. The molecule has 140 valence electrons. The van der Waals surface area contributed by atoms with Crippen LogP contribution in [0.4, 0.5) is 0 Å². The summed E-state index contributed by atoms with van der Waals surface area (Å²) in [6.07, 6.45) is 9.39. The van der Waals surface area contributed by atoms with Gasteiger partial charge in [-0.25, -0.2) is 5.43 Å². The van der Waals surface area contributed by atoms with Crippen LogP contribution in [0.1, 0.15) is 60.3 Å². The van der Waals surface area contributed by atoms with Crippen LogP contribution in [-0.2, 0) is 5.41 Å². The Morgan fingerprint density at radius 2 is 1.89 bits per heavy atom. The Hall–Kier alpha value is -2.63. The van der Waals surface area contributed by atoms with Crippen LogP contribution in [0.3, 0.4) is 0 Å². The molecule has 2 aromatic rings. The molecular weight excluding hydrogens is 340 g/mol. The number of hydrogen-bond acceptors (Lipinski definition) is 4. The van der Waals surface area contributed by atoms with Gasteiger partial charge in [-0.3, -0.25) is 9.89 Å². The van der Waals surface area contributed by atoms with Crippen molar-refractivity contribution >= 4 is 12.1 Å². The van der Waals surface area contributed by atoms with Crippen LogP contribution in [-0.4, -0.2) is 27.4 Å². The van der Waals surface area contributed by atoms with E-state index in [4.69, 9.17) is 0 Å². The molecule has 1 aromatic carbocycles. The Labute approximate surface area is 158 Å². The standard InChI is InChI=1S/C21H24N4O2/c26-17-3-1-2-13(7-17)12-22-25-20(27)18-8-19(24-23-18)21-9-14-4-15(10-21)6-16(5-14)11-21/h1-3,7-8,12,14-16,26H,4-6,9-11H2,(H,23,24)(H,25,27). The molecule has 4 fully saturated rings. The number of hydrazone groups is 1. The van der Waals surface area contributed by atoms with Crippen molar-refractivity contribution in [2.24, 2.45) is 22.9 Å². The predicted molar refractivity (Wildman–Crippen MR) is 102 cm³/mol. The molecule has 6 rings (SSSR count). The highest BCUT2D eigenvalue weighted by Crippen LogP contribution is 2.60. The number of carbonyl (C=O) groups excluding carboxylic acids is 1. The van der Waals surface area contributed by atoms with Crippen molar-refractivity contribution in [1.29, 1.82) is 0 Å². The van der Waals surface area contributed by atoms with Gasteiger partial charge < -0.3 is 5.11 Å². The Morgan fingerprint density at radius 1 is 1.19 bits per heavy atom. The van der Waals surface area contributed by atoms with E-state index in [9.17, 15) is 9.90 Å². The molecule has 4 aliphatic rings. The third-order valence-electron chi connectivity index (χ3n) is 6.67. The van der Waals surface area contributed by atoms with Crippen molar-refractivity contribution in [1.82, 2.24) is 15.6 Å². The highest BCUT2D eigenvalue weighted by molar-refractivity contribution is 5.93. The molecule has 0 aliphatic heterocycles. The van der Waals surface area contributed by atoms with Gasteiger partial charge in [0.05, 0.1) is 6.21 Å². The zero-order valence-electron chi connectivity index (χ0n) is 15.2. The highest BCUT2D eigenvalue weighted by Gasteiger charge is 2.52. The molecule has 6 nitrogen and oxygen atoms in total. The van der Waals surface area contributed by atoms with Gasteiger partial charge in [-0.2, -0.15) is 10.2 Å². The molecule has 0 atom stereocenters. The van der Waals surface area contributed by atoms with Gasteiger partial charge in [0.25, 0.3) is 5.91 Å². The molecule has 0 saturated heterocycles. The summed E-state index contributed by atoms with van der Waals surface area (Å²) in [7, 11) is 0. The largest absolute Gasteiger partial charge is 0.508 e. The number of H-pyrrole nitrogens is 1. The van der Waals surface area contributed by atoms with Crippen LogP contribution < -0.4 is 5.43 Å². The number of aromatic hydroxyl groups is 1. The maximum atomic E-state index is 12.4. The third kappa shape index (κ3) is 3.03. The van der Waals surface area contributed by atoms with E-state index in [1.807, 2.05) is 6.07 Å². The molecule has 3 N–H and O–H groups in total. The minimum Gasteiger partial charge on any atom is -0.508 e. The van der Waals surface area contributed by atoms with Crippen LogP contribution in [0.25, 0.3) is 0 Å². The second-order valence-electron chi connectivity index (χ2n) is 8.66. The van der Waals surface area contributed by atoms with Crippen molar-refractivity contribution < 1.29 is 9.90 Å². The lowest BCUT2D eigenvalue weighted by Crippen LogP contribution is -2.48. The maximum absolute atomic E-state index is 12.4. The number of phenols is 1. The first-order valence-corrected chi connectivity index (χ1v) is 9.78. The number of nitrogens with one attached hydrogen (secondary N) is 2. The van der Waals surface area contributed by atoms with Crippen LogP contribution in [0.15, 0.2) is 35.4 Å². The second-order valence-corrected chi connectivity index (χ2v) is 8.66. The summed E-state index contributed by atoms with van der Waals surface area (Å²) in [6, 6.07) is 8.62. The topological polar surface area (TPSA) is 90.4 Å². The molecule has 0 unspecified atom stereocenters. The number of aromatic nitrogens is 2. The van der Waals surface area contributed by atoms with Crippen LogP contribution in [0, 0.1) is 17.8 Å². The molecule has 4 saturated carbocycles. The van der Waals surface area contributed by atoms with E-state index in [0.29, 0.717) is 11.3 Å². The van der Waals surface area contributed by atoms with Gasteiger partial charge in [-0.1, -0.05) is 12.1 Å². The highest BCUT2D eigenvalue weighted by atomic mass is 16.3. The normalized spacial score (nSPS) is 31.5. The summed E-state index contributed by atoms with van der Waals surface area (Å²) >= 11 is 0. The summed E-state index contributed by atoms with van der Waals surface area (Å²) < 4.78 is 0. The van der Waals surface area contributed by atoms with Crippen LogP contribution in [0.2, 0.25) is 0 Å². The lowest BCUT2D eigenvalue weighted by atomic mass is 9.49. The number of rotatable bonds is 4. The van der Waals surface area contributed by atoms with Gasteiger partial charge in [0, 0.05) is 11.1 Å². The van der Waals surface area contributed by atoms with Crippen molar-refractivity contribution in [3.05, 3.63) is 47.3 Å². The first kappa shape index (κ1) is 16.5.